The number of rotatable bonds is 11. The molecule has 3 rings (SSSR count). The number of carbonyl (C=O) groups is 1. The number of hydrogen-bond acceptors (Lipinski definition) is 5. The van der Waals surface area contributed by atoms with Gasteiger partial charge in [0.1, 0.15) is 0 Å². The third kappa shape index (κ3) is 7.46. The van der Waals surface area contributed by atoms with Crippen molar-refractivity contribution in [3.8, 4) is 0 Å². The SMILES string of the molecule is Cc1ccc(S(=O)(=O)NCCCCOC(=O)Cc2ccccc2Nc2c(Cl)cccc2Cl)cc1. The first-order valence-corrected chi connectivity index (χ1v) is 13.0. The Morgan fingerprint density at radius 3 is 2.29 bits per heavy atom. The van der Waals surface area contributed by atoms with Crippen molar-refractivity contribution in [1.82, 2.24) is 4.72 Å². The molecule has 0 amide bonds. The Morgan fingerprint density at radius 2 is 1.59 bits per heavy atom. The molecule has 34 heavy (non-hydrogen) atoms. The molecule has 0 fully saturated rings. The van der Waals surface area contributed by atoms with E-state index in [1.54, 1.807) is 42.5 Å². The smallest absolute Gasteiger partial charge is 0.310 e. The highest BCUT2D eigenvalue weighted by atomic mass is 35.5. The third-order valence-electron chi connectivity index (χ3n) is 5.03. The molecule has 0 saturated heterocycles. The lowest BCUT2D eigenvalue weighted by Crippen LogP contribution is -2.25. The molecule has 0 aliphatic rings. The van der Waals surface area contributed by atoms with E-state index in [0.29, 0.717) is 34.3 Å². The van der Waals surface area contributed by atoms with Crippen LogP contribution in [0.15, 0.2) is 71.6 Å². The fraction of sp³-hybridized carbons (Fsp3) is 0.240. The van der Waals surface area contributed by atoms with Crippen LogP contribution in [-0.2, 0) is 26.0 Å². The summed E-state index contributed by atoms with van der Waals surface area (Å²) in [6.07, 6.45) is 1.16. The van der Waals surface area contributed by atoms with Gasteiger partial charge < -0.3 is 10.1 Å². The van der Waals surface area contributed by atoms with Gasteiger partial charge in [0.25, 0.3) is 0 Å². The number of para-hydroxylation sites is 2. The monoisotopic (exact) mass is 520 g/mol. The van der Waals surface area contributed by atoms with Crippen LogP contribution in [0.4, 0.5) is 11.4 Å². The minimum absolute atomic E-state index is 0.0747. The fourth-order valence-corrected chi connectivity index (χ4v) is 4.74. The second-order valence-corrected chi connectivity index (χ2v) is 10.3. The fourth-order valence-electron chi connectivity index (χ4n) is 3.18. The van der Waals surface area contributed by atoms with Crippen molar-refractivity contribution in [3.05, 3.63) is 87.9 Å². The molecule has 0 aliphatic carbocycles. The van der Waals surface area contributed by atoms with E-state index in [9.17, 15) is 13.2 Å². The minimum Gasteiger partial charge on any atom is -0.465 e. The number of sulfonamides is 1. The van der Waals surface area contributed by atoms with Crippen molar-refractivity contribution in [2.45, 2.75) is 31.1 Å². The van der Waals surface area contributed by atoms with Crippen LogP contribution < -0.4 is 10.0 Å². The van der Waals surface area contributed by atoms with Gasteiger partial charge in [0, 0.05) is 12.2 Å². The maximum Gasteiger partial charge on any atom is 0.310 e. The first kappa shape index (κ1) is 26.0. The van der Waals surface area contributed by atoms with E-state index in [1.807, 2.05) is 31.2 Å². The van der Waals surface area contributed by atoms with Gasteiger partial charge in [-0.25, -0.2) is 13.1 Å². The summed E-state index contributed by atoms with van der Waals surface area (Å²) in [6, 6.07) is 19.2. The topological polar surface area (TPSA) is 84.5 Å². The van der Waals surface area contributed by atoms with E-state index in [1.165, 1.54) is 0 Å². The minimum atomic E-state index is -3.54. The Morgan fingerprint density at radius 1 is 0.912 bits per heavy atom. The predicted octanol–water partition coefficient (Wildman–Crippen LogP) is 5.89. The van der Waals surface area contributed by atoms with Crippen LogP contribution in [0.5, 0.6) is 0 Å². The molecule has 0 unspecified atom stereocenters. The summed E-state index contributed by atoms with van der Waals surface area (Å²) < 4.78 is 32.4. The highest BCUT2D eigenvalue weighted by Crippen LogP contribution is 2.33. The number of esters is 1. The zero-order valence-corrected chi connectivity index (χ0v) is 21.0. The van der Waals surface area contributed by atoms with Crippen molar-refractivity contribution in [1.29, 1.82) is 0 Å². The zero-order chi connectivity index (χ0) is 24.6. The number of ether oxygens (including phenoxy) is 1. The molecule has 0 aromatic heterocycles. The molecule has 180 valence electrons. The van der Waals surface area contributed by atoms with Gasteiger partial charge in [0.2, 0.25) is 10.0 Å². The Labute approximate surface area is 210 Å². The maximum absolute atomic E-state index is 12.3. The van der Waals surface area contributed by atoms with Gasteiger partial charge >= 0.3 is 5.97 Å². The number of nitrogens with one attached hydrogen (secondary N) is 2. The summed E-state index contributed by atoms with van der Waals surface area (Å²) in [6.45, 7) is 2.37. The van der Waals surface area contributed by atoms with Gasteiger partial charge in [-0.05, 0) is 55.7 Å². The van der Waals surface area contributed by atoms with Gasteiger partial charge in [-0.15, -0.1) is 0 Å². The highest BCUT2D eigenvalue weighted by Gasteiger charge is 2.14. The number of aryl methyl sites for hydroxylation is 1. The average molecular weight is 521 g/mol. The van der Waals surface area contributed by atoms with E-state index in [-0.39, 0.29) is 30.4 Å². The van der Waals surface area contributed by atoms with Gasteiger partial charge in [-0.2, -0.15) is 0 Å². The van der Waals surface area contributed by atoms with E-state index >= 15 is 0 Å². The molecule has 3 aromatic carbocycles. The van der Waals surface area contributed by atoms with Gasteiger partial charge in [0.15, 0.2) is 0 Å². The summed E-state index contributed by atoms with van der Waals surface area (Å²) in [5.74, 6) is -0.375. The standard InChI is InChI=1S/C25H26Cl2N2O4S/c1-18-11-13-20(14-12-18)34(31,32)28-15-4-5-16-33-24(30)17-19-7-2-3-10-23(19)29-25-21(26)8-6-9-22(25)27/h2-3,6-14,28-29H,4-5,15-17H2,1H3. The van der Waals surface area contributed by atoms with Gasteiger partial charge in [-0.3, -0.25) is 4.79 Å². The number of hydrogen-bond donors (Lipinski definition) is 2. The maximum atomic E-state index is 12.3. The number of anilines is 2. The Kier molecular flexibility index (Phi) is 9.36. The van der Waals surface area contributed by atoms with Crippen LogP contribution in [0, 0.1) is 6.92 Å². The first-order chi connectivity index (χ1) is 16.3. The molecule has 6 nitrogen and oxygen atoms in total. The molecule has 0 bridgehead atoms. The van der Waals surface area contributed by atoms with Crippen LogP contribution in [0.3, 0.4) is 0 Å². The lowest BCUT2D eigenvalue weighted by atomic mass is 10.1. The predicted molar refractivity (Wildman–Crippen MR) is 136 cm³/mol. The van der Waals surface area contributed by atoms with E-state index in [0.717, 1.165) is 11.1 Å². The van der Waals surface area contributed by atoms with Crippen LogP contribution in [-0.4, -0.2) is 27.5 Å². The highest BCUT2D eigenvalue weighted by molar-refractivity contribution is 7.89. The molecule has 0 saturated carbocycles. The summed E-state index contributed by atoms with van der Waals surface area (Å²) in [7, 11) is -3.54. The molecular weight excluding hydrogens is 495 g/mol. The second kappa shape index (κ2) is 12.2. The lowest BCUT2D eigenvalue weighted by molar-refractivity contribution is -0.142. The number of halogens is 2. The van der Waals surface area contributed by atoms with Crippen molar-refractivity contribution in [3.63, 3.8) is 0 Å². The van der Waals surface area contributed by atoms with Crippen molar-refractivity contribution in [2.75, 3.05) is 18.5 Å². The van der Waals surface area contributed by atoms with Gasteiger partial charge in [0.05, 0.1) is 33.7 Å². The van der Waals surface area contributed by atoms with Crippen LogP contribution in [0.25, 0.3) is 0 Å². The summed E-state index contributed by atoms with van der Waals surface area (Å²) >= 11 is 12.5. The van der Waals surface area contributed by atoms with Crippen LogP contribution >= 0.6 is 23.2 Å². The number of unbranched alkanes of at least 4 members (excludes halogenated alkanes) is 1. The van der Waals surface area contributed by atoms with Gasteiger partial charge in [-0.1, -0.05) is 65.2 Å². The quantitative estimate of drug-likeness (QED) is 0.243. The molecule has 0 aliphatic heterocycles. The molecular formula is C25H26Cl2N2O4S. The molecule has 9 heteroatoms. The normalized spacial score (nSPS) is 11.3. The zero-order valence-electron chi connectivity index (χ0n) is 18.7. The van der Waals surface area contributed by atoms with Crippen molar-refractivity contribution >= 4 is 50.6 Å². The Balaban J connectivity index is 1.44. The van der Waals surface area contributed by atoms with Crippen LogP contribution in [0.1, 0.15) is 24.0 Å². The number of benzene rings is 3. The molecule has 0 radical (unpaired) electrons. The summed E-state index contributed by atoms with van der Waals surface area (Å²) in [5, 5.41) is 4.14. The largest absolute Gasteiger partial charge is 0.465 e. The summed E-state index contributed by atoms with van der Waals surface area (Å²) in [4.78, 5) is 12.6. The number of carbonyl (C=O) groups excluding carboxylic acids is 1. The Hall–Kier alpha value is -2.58. The third-order valence-corrected chi connectivity index (χ3v) is 7.14. The lowest BCUT2D eigenvalue weighted by Gasteiger charge is -2.14. The van der Waals surface area contributed by atoms with Crippen molar-refractivity contribution in [2.24, 2.45) is 0 Å². The van der Waals surface area contributed by atoms with E-state index in [4.69, 9.17) is 27.9 Å². The summed E-state index contributed by atoms with van der Waals surface area (Å²) in [5.41, 5.74) is 3.01. The Bertz CT molecular complexity index is 1210. The average Bonchev–Trinajstić information content (AvgIpc) is 2.80. The molecule has 0 atom stereocenters. The van der Waals surface area contributed by atoms with E-state index < -0.39 is 10.0 Å². The first-order valence-electron chi connectivity index (χ1n) is 10.8. The van der Waals surface area contributed by atoms with Crippen LogP contribution in [0.2, 0.25) is 10.0 Å². The second-order valence-electron chi connectivity index (χ2n) is 7.69. The molecule has 3 aromatic rings. The van der Waals surface area contributed by atoms with E-state index in [2.05, 4.69) is 10.0 Å². The molecule has 0 heterocycles. The molecule has 0 spiro atoms. The van der Waals surface area contributed by atoms with Crippen molar-refractivity contribution < 1.29 is 17.9 Å². The molecule has 2 N–H and O–H groups in total.